The number of furan rings is 1. The van der Waals surface area contributed by atoms with Crippen molar-refractivity contribution < 1.29 is 13.6 Å². The van der Waals surface area contributed by atoms with Crippen molar-refractivity contribution in [3.8, 4) is 0 Å². The monoisotopic (exact) mass is 309 g/mol. The highest BCUT2D eigenvalue weighted by molar-refractivity contribution is 9.10. The van der Waals surface area contributed by atoms with E-state index in [4.69, 9.17) is 4.42 Å². The molecule has 0 radical (unpaired) electrons. The Bertz CT molecular complexity index is 623. The lowest BCUT2D eigenvalue weighted by Crippen LogP contribution is -2.28. The lowest BCUT2D eigenvalue weighted by molar-refractivity contribution is 0.0961. The molecule has 0 bridgehead atoms. The summed E-state index contributed by atoms with van der Waals surface area (Å²) in [7, 11) is 0. The van der Waals surface area contributed by atoms with Crippen molar-refractivity contribution in [2.24, 2.45) is 0 Å². The molecular formula is C13H9BrFNO2. The summed E-state index contributed by atoms with van der Waals surface area (Å²) in [6.07, 6.45) is 0.739. The number of fused-ring (bicyclic) bond motifs is 1. The third kappa shape index (κ3) is 1.84. The Kier molecular flexibility index (Phi) is 2.70. The van der Waals surface area contributed by atoms with Crippen LogP contribution >= 0.6 is 15.9 Å². The van der Waals surface area contributed by atoms with Crippen LogP contribution in [0.25, 0.3) is 0 Å². The standard InChI is InChI=1S/C13H9BrFNO2/c14-12-4-3-11(18-12)13(17)16-6-5-8-1-2-9(15)7-10(8)16/h1-4,7H,5-6H2. The third-order valence-electron chi connectivity index (χ3n) is 2.97. The van der Waals surface area contributed by atoms with Gasteiger partial charge in [0.05, 0.1) is 5.69 Å². The molecule has 3 nitrogen and oxygen atoms in total. The molecule has 0 unspecified atom stereocenters. The van der Waals surface area contributed by atoms with E-state index in [-0.39, 0.29) is 17.5 Å². The number of hydrogen-bond donors (Lipinski definition) is 0. The van der Waals surface area contributed by atoms with E-state index in [1.807, 2.05) is 0 Å². The second-order valence-corrected chi connectivity index (χ2v) is 4.87. The molecule has 1 amide bonds. The summed E-state index contributed by atoms with van der Waals surface area (Å²) in [6.45, 7) is 0.552. The molecule has 2 heterocycles. The number of halogens is 2. The summed E-state index contributed by atoms with van der Waals surface area (Å²) in [6, 6.07) is 7.78. The number of nitrogens with zero attached hydrogens (tertiary/aromatic N) is 1. The predicted octanol–water partition coefficient (Wildman–Crippen LogP) is 3.38. The molecule has 0 atom stereocenters. The fourth-order valence-electron chi connectivity index (χ4n) is 2.13. The van der Waals surface area contributed by atoms with Crippen LogP contribution in [0.3, 0.4) is 0 Å². The van der Waals surface area contributed by atoms with Gasteiger partial charge in [-0.25, -0.2) is 4.39 Å². The van der Waals surface area contributed by atoms with Gasteiger partial charge >= 0.3 is 0 Å². The van der Waals surface area contributed by atoms with Gasteiger partial charge in [-0.2, -0.15) is 0 Å². The Morgan fingerprint density at radius 3 is 2.89 bits per heavy atom. The first-order chi connectivity index (χ1) is 8.65. The first-order valence-corrected chi connectivity index (χ1v) is 6.30. The Morgan fingerprint density at radius 1 is 1.33 bits per heavy atom. The number of rotatable bonds is 1. The average molecular weight is 310 g/mol. The third-order valence-corrected chi connectivity index (χ3v) is 3.40. The normalized spacial score (nSPS) is 13.8. The van der Waals surface area contributed by atoms with Gasteiger partial charge in [0.2, 0.25) is 0 Å². The van der Waals surface area contributed by atoms with Crippen molar-refractivity contribution in [2.45, 2.75) is 6.42 Å². The maximum absolute atomic E-state index is 13.2. The van der Waals surface area contributed by atoms with Gasteiger partial charge < -0.3 is 9.32 Å². The fourth-order valence-corrected chi connectivity index (χ4v) is 2.43. The Hall–Kier alpha value is -1.62. The second kappa shape index (κ2) is 4.24. The number of carbonyl (C=O) groups excluding carboxylic acids is 1. The predicted molar refractivity (Wildman–Crippen MR) is 68.2 cm³/mol. The summed E-state index contributed by atoms with van der Waals surface area (Å²) in [5.74, 6) is -0.335. The van der Waals surface area contributed by atoms with Gasteiger partial charge in [0.25, 0.3) is 5.91 Å². The maximum atomic E-state index is 13.2. The van der Waals surface area contributed by atoms with Crippen LogP contribution < -0.4 is 4.90 Å². The molecule has 1 aromatic carbocycles. The van der Waals surface area contributed by atoms with Gasteiger partial charge in [-0.15, -0.1) is 0 Å². The molecule has 0 aliphatic carbocycles. The summed E-state index contributed by atoms with van der Waals surface area (Å²) in [4.78, 5) is 13.8. The highest BCUT2D eigenvalue weighted by atomic mass is 79.9. The summed E-state index contributed by atoms with van der Waals surface area (Å²) in [5.41, 5.74) is 1.61. The molecule has 1 aliphatic heterocycles. The molecule has 5 heteroatoms. The first kappa shape index (κ1) is 11.5. The zero-order valence-corrected chi connectivity index (χ0v) is 10.9. The summed E-state index contributed by atoms with van der Waals surface area (Å²) >= 11 is 3.15. The van der Waals surface area contributed by atoms with E-state index in [2.05, 4.69) is 15.9 Å². The van der Waals surface area contributed by atoms with Crippen LogP contribution in [0.1, 0.15) is 16.1 Å². The van der Waals surface area contributed by atoms with E-state index in [0.29, 0.717) is 16.9 Å². The Morgan fingerprint density at radius 2 is 2.17 bits per heavy atom. The minimum Gasteiger partial charge on any atom is -0.444 e. The Balaban J connectivity index is 1.96. The molecule has 2 aromatic rings. The van der Waals surface area contributed by atoms with Crippen molar-refractivity contribution in [1.29, 1.82) is 0 Å². The SMILES string of the molecule is O=C(c1ccc(Br)o1)N1CCc2ccc(F)cc21. The molecule has 18 heavy (non-hydrogen) atoms. The summed E-state index contributed by atoms with van der Waals surface area (Å²) < 4.78 is 19.0. The molecule has 0 fully saturated rings. The van der Waals surface area contributed by atoms with Crippen LogP contribution in [0, 0.1) is 5.82 Å². The molecule has 0 spiro atoms. The van der Waals surface area contributed by atoms with Crippen molar-refractivity contribution >= 4 is 27.5 Å². The van der Waals surface area contributed by atoms with Crippen molar-refractivity contribution in [1.82, 2.24) is 0 Å². The zero-order chi connectivity index (χ0) is 12.7. The van der Waals surface area contributed by atoms with Gasteiger partial charge in [0.1, 0.15) is 5.82 Å². The Labute approximate surface area is 111 Å². The number of benzene rings is 1. The number of anilines is 1. The smallest absolute Gasteiger partial charge is 0.294 e. The average Bonchev–Trinajstić information content (AvgIpc) is 2.94. The van der Waals surface area contributed by atoms with Gasteiger partial charge in [0.15, 0.2) is 10.4 Å². The van der Waals surface area contributed by atoms with Crippen molar-refractivity contribution in [3.05, 3.63) is 52.1 Å². The number of hydrogen-bond acceptors (Lipinski definition) is 2. The van der Waals surface area contributed by atoms with Crippen LogP contribution in [0.4, 0.5) is 10.1 Å². The van der Waals surface area contributed by atoms with E-state index >= 15 is 0 Å². The quantitative estimate of drug-likeness (QED) is 0.809. The number of carbonyl (C=O) groups is 1. The second-order valence-electron chi connectivity index (χ2n) is 4.08. The molecule has 92 valence electrons. The van der Waals surface area contributed by atoms with Crippen LogP contribution in [0.5, 0.6) is 0 Å². The molecule has 0 saturated heterocycles. The van der Waals surface area contributed by atoms with E-state index < -0.39 is 0 Å². The van der Waals surface area contributed by atoms with E-state index in [0.717, 1.165) is 12.0 Å². The molecular weight excluding hydrogens is 301 g/mol. The first-order valence-electron chi connectivity index (χ1n) is 5.51. The maximum Gasteiger partial charge on any atom is 0.294 e. The lowest BCUT2D eigenvalue weighted by atomic mass is 10.2. The van der Waals surface area contributed by atoms with Crippen molar-refractivity contribution in [2.75, 3.05) is 11.4 Å². The largest absolute Gasteiger partial charge is 0.444 e. The molecule has 3 rings (SSSR count). The van der Waals surface area contributed by atoms with Crippen LogP contribution in [0.2, 0.25) is 0 Å². The zero-order valence-electron chi connectivity index (χ0n) is 9.32. The topological polar surface area (TPSA) is 33.5 Å². The van der Waals surface area contributed by atoms with Gasteiger partial charge in [-0.05, 0) is 52.2 Å². The van der Waals surface area contributed by atoms with E-state index in [1.54, 1.807) is 23.1 Å². The van der Waals surface area contributed by atoms with E-state index in [9.17, 15) is 9.18 Å². The van der Waals surface area contributed by atoms with Crippen molar-refractivity contribution in [3.63, 3.8) is 0 Å². The molecule has 0 saturated carbocycles. The highest BCUT2D eigenvalue weighted by Gasteiger charge is 2.27. The van der Waals surface area contributed by atoms with Gasteiger partial charge in [-0.3, -0.25) is 4.79 Å². The molecule has 1 aliphatic rings. The lowest BCUT2D eigenvalue weighted by Gasteiger charge is -2.15. The minimum absolute atomic E-state index is 0.245. The molecule has 1 aromatic heterocycles. The molecule has 0 N–H and O–H groups in total. The van der Waals surface area contributed by atoms with E-state index in [1.165, 1.54) is 12.1 Å². The fraction of sp³-hybridized carbons (Fsp3) is 0.154. The minimum atomic E-state index is -0.339. The van der Waals surface area contributed by atoms with Crippen LogP contribution in [-0.4, -0.2) is 12.5 Å². The van der Waals surface area contributed by atoms with Crippen LogP contribution in [0.15, 0.2) is 39.4 Å². The van der Waals surface area contributed by atoms with Gasteiger partial charge in [0, 0.05) is 6.54 Å². The number of amides is 1. The van der Waals surface area contributed by atoms with Gasteiger partial charge in [-0.1, -0.05) is 6.07 Å². The van der Waals surface area contributed by atoms with Crippen LogP contribution in [-0.2, 0) is 6.42 Å². The summed E-state index contributed by atoms with van der Waals surface area (Å²) in [5, 5.41) is 0. The highest BCUT2D eigenvalue weighted by Crippen LogP contribution is 2.30.